The Kier molecular flexibility index (Phi) is 4.42. The summed E-state index contributed by atoms with van der Waals surface area (Å²) in [5.41, 5.74) is 1.20. The van der Waals surface area contributed by atoms with Gasteiger partial charge in [0, 0.05) is 11.6 Å². The molecule has 5 nitrogen and oxygen atoms in total. The molecule has 0 aliphatic heterocycles. The number of hydrogen-bond donors (Lipinski definition) is 2. The highest BCUT2D eigenvalue weighted by atomic mass is 16.5. The van der Waals surface area contributed by atoms with Gasteiger partial charge in [-0.25, -0.2) is 4.79 Å². The quantitative estimate of drug-likeness (QED) is 0.848. The minimum absolute atomic E-state index is 0.0597. The van der Waals surface area contributed by atoms with Gasteiger partial charge in [0.15, 0.2) is 0 Å². The molecule has 20 heavy (non-hydrogen) atoms. The molecule has 0 fully saturated rings. The normalized spacial score (nSPS) is 12.1. The average Bonchev–Trinajstić information content (AvgIpc) is 2.94. The molecule has 1 atom stereocenters. The van der Waals surface area contributed by atoms with E-state index in [2.05, 4.69) is 5.32 Å². The first-order valence-corrected chi connectivity index (χ1v) is 6.29. The largest absolute Gasteiger partial charge is 0.496 e. The number of hydrogen-bond acceptors (Lipinski definition) is 4. The number of para-hydroxylation sites is 1. The zero-order valence-corrected chi connectivity index (χ0v) is 11.4. The summed E-state index contributed by atoms with van der Waals surface area (Å²) in [5, 5.41) is 12.1. The number of carboxylic acids is 1. The molecule has 2 N–H and O–H groups in total. The summed E-state index contributed by atoms with van der Waals surface area (Å²) in [7, 11) is 1.64. The molecule has 0 saturated heterocycles. The Labute approximate surface area is 117 Å². The minimum atomic E-state index is -0.988. The van der Waals surface area contributed by atoms with Crippen molar-refractivity contribution in [1.82, 2.24) is 5.32 Å². The number of aromatic carboxylic acids is 1. The van der Waals surface area contributed by atoms with E-state index in [0.717, 1.165) is 11.3 Å². The van der Waals surface area contributed by atoms with Crippen molar-refractivity contribution in [1.29, 1.82) is 0 Å². The predicted molar refractivity (Wildman–Crippen MR) is 73.9 cm³/mol. The first kappa shape index (κ1) is 14.1. The summed E-state index contributed by atoms with van der Waals surface area (Å²) in [4.78, 5) is 10.8. The Morgan fingerprint density at radius 2 is 2.20 bits per heavy atom. The van der Waals surface area contributed by atoms with Gasteiger partial charge in [-0.2, -0.15) is 0 Å². The standard InChI is InChI=1S/C15H17NO4/c1-10(13-5-3-4-6-14(13)19-2)16-8-12-7-11(9-20-12)15(17)18/h3-7,9-10,16H,8H2,1-2H3,(H,17,18). The smallest absolute Gasteiger partial charge is 0.338 e. The number of carboxylic acid groups (broad SMARTS) is 1. The fraction of sp³-hybridized carbons (Fsp3) is 0.267. The molecule has 1 unspecified atom stereocenters. The van der Waals surface area contributed by atoms with E-state index >= 15 is 0 Å². The molecular formula is C15H17NO4. The lowest BCUT2D eigenvalue weighted by molar-refractivity contribution is 0.0696. The summed E-state index contributed by atoms with van der Waals surface area (Å²) >= 11 is 0. The predicted octanol–water partition coefficient (Wildman–Crippen LogP) is 2.84. The maximum absolute atomic E-state index is 10.8. The van der Waals surface area contributed by atoms with Crippen LogP contribution in [0.5, 0.6) is 5.75 Å². The lowest BCUT2D eigenvalue weighted by atomic mass is 10.1. The zero-order valence-electron chi connectivity index (χ0n) is 11.4. The van der Waals surface area contributed by atoms with Crippen LogP contribution < -0.4 is 10.1 Å². The zero-order chi connectivity index (χ0) is 14.5. The number of methoxy groups -OCH3 is 1. The monoisotopic (exact) mass is 275 g/mol. The Morgan fingerprint density at radius 1 is 1.45 bits per heavy atom. The van der Waals surface area contributed by atoms with Gasteiger partial charge in [-0.3, -0.25) is 0 Å². The summed E-state index contributed by atoms with van der Waals surface area (Å²) < 4.78 is 10.5. The van der Waals surface area contributed by atoms with Crippen LogP contribution in [0.3, 0.4) is 0 Å². The van der Waals surface area contributed by atoms with Crippen molar-refractivity contribution < 1.29 is 19.1 Å². The molecule has 106 valence electrons. The van der Waals surface area contributed by atoms with Crippen molar-refractivity contribution in [3.8, 4) is 5.75 Å². The first-order valence-electron chi connectivity index (χ1n) is 6.29. The van der Waals surface area contributed by atoms with Crippen molar-refractivity contribution in [2.45, 2.75) is 19.5 Å². The van der Waals surface area contributed by atoms with E-state index < -0.39 is 5.97 Å². The van der Waals surface area contributed by atoms with Crippen LogP contribution in [0.25, 0.3) is 0 Å². The van der Waals surface area contributed by atoms with E-state index in [9.17, 15) is 4.79 Å². The van der Waals surface area contributed by atoms with Gasteiger partial charge in [0.2, 0.25) is 0 Å². The van der Waals surface area contributed by atoms with E-state index in [-0.39, 0.29) is 11.6 Å². The molecule has 0 amide bonds. The third kappa shape index (κ3) is 3.19. The van der Waals surface area contributed by atoms with Crippen molar-refractivity contribution in [3.05, 3.63) is 53.5 Å². The van der Waals surface area contributed by atoms with Gasteiger partial charge in [0.05, 0.1) is 19.2 Å². The van der Waals surface area contributed by atoms with E-state index in [1.54, 1.807) is 7.11 Å². The van der Waals surface area contributed by atoms with E-state index in [0.29, 0.717) is 12.3 Å². The van der Waals surface area contributed by atoms with Crippen molar-refractivity contribution in [2.24, 2.45) is 0 Å². The lowest BCUT2D eigenvalue weighted by Crippen LogP contribution is -2.18. The second-order valence-electron chi connectivity index (χ2n) is 4.45. The van der Waals surface area contributed by atoms with E-state index in [4.69, 9.17) is 14.3 Å². The second-order valence-corrected chi connectivity index (χ2v) is 4.45. The molecule has 2 rings (SSSR count). The maximum atomic E-state index is 10.8. The SMILES string of the molecule is COc1ccccc1C(C)NCc1cc(C(=O)O)co1. The molecule has 1 aromatic carbocycles. The Hall–Kier alpha value is -2.27. The fourth-order valence-electron chi connectivity index (χ4n) is 1.97. The van der Waals surface area contributed by atoms with Crippen molar-refractivity contribution >= 4 is 5.97 Å². The van der Waals surface area contributed by atoms with Gasteiger partial charge in [-0.05, 0) is 19.1 Å². The van der Waals surface area contributed by atoms with E-state index in [1.165, 1.54) is 12.3 Å². The van der Waals surface area contributed by atoms with Crippen LogP contribution in [0, 0.1) is 0 Å². The molecule has 0 radical (unpaired) electrons. The number of benzene rings is 1. The topological polar surface area (TPSA) is 71.7 Å². The summed E-state index contributed by atoms with van der Waals surface area (Å²) in [6, 6.07) is 9.34. The number of furan rings is 1. The van der Waals surface area contributed by atoms with Crippen LogP contribution in [0.15, 0.2) is 41.0 Å². The van der Waals surface area contributed by atoms with Crippen LogP contribution in [0.1, 0.15) is 34.6 Å². The van der Waals surface area contributed by atoms with Crippen molar-refractivity contribution in [2.75, 3.05) is 7.11 Å². The van der Waals surface area contributed by atoms with E-state index in [1.807, 2.05) is 31.2 Å². The van der Waals surface area contributed by atoms with Crippen LogP contribution in [-0.4, -0.2) is 18.2 Å². The molecule has 0 aliphatic rings. The van der Waals surface area contributed by atoms with Gasteiger partial charge in [0.25, 0.3) is 0 Å². The molecule has 2 aromatic rings. The van der Waals surface area contributed by atoms with Gasteiger partial charge in [0.1, 0.15) is 17.8 Å². The molecular weight excluding hydrogens is 258 g/mol. The highest BCUT2D eigenvalue weighted by Crippen LogP contribution is 2.24. The summed E-state index contributed by atoms with van der Waals surface area (Å²) in [6.07, 6.45) is 1.24. The number of carbonyl (C=O) groups is 1. The van der Waals surface area contributed by atoms with Gasteiger partial charge in [-0.15, -0.1) is 0 Å². The first-order chi connectivity index (χ1) is 9.61. The van der Waals surface area contributed by atoms with Crippen LogP contribution in [-0.2, 0) is 6.54 Å². The van der Waals surface area contributed by atoms with Gasteiger partial charge < -0.3 is 19.6 Å². The highest BCUT2D eigenvalue weighted by Gasteiger charge is 2.12. The summed E-state index contributed by atoms with van der Waals surface area (Å²) in [6.45, 7) is 2.46. The van der Waals surface area contributed by atoms with Gasteiger partial charge >= 0.3 is 5.97 Å². The molecule has 5 heteroatoms. The minimum Gasteiger partial charge on any atom is -0.496 e. The lowest BCUT2D eigenvalue weighted by Gasteiger charge is -2.16. The number of ether oxygens (including phenoxy) is 1. The van der Waals surface area contributed by atoms with Crippen LogP contribution >= 0.6 is 0 Å². The molecule has 0 spiro atoms. The Bertz CT molecular complexity index is 591. The van der Waals surface area contributed by atoms with Crippen LogP contribution in [0.4, 0.5) is 0 Å². The molecule has 0 saturated carbocycles. The highest BCUT2D eigenvalue weighted by molar-refractivity contribution is 5.87. The average molecular weight is 275 g/mol. The number of nitrogens with one attached hydrogen (secondary N) is 1. The molecule has 1 aromatic heterocycles. The van der Waals surface area contributed by atoms with Gasteiger partial charge in [-0.1, -0.05) is 18.2 Å². The summed E-state index contributed by atoms with van der Waals surface area (Å²) in [5.74, 6) is 0.417. The Balaban J connectivity index is 2.00. The Morgan fingerprint density at radius 3 is 2.85 bits per heavy atom. The van der Waals surface area contributed by atoms with Crippen molar-refractivity contribution in [3.63, 3.8) is 0 Å². The third-order valence-electron chi connectivity index (χ3n) is 3.09. The third-order valence-corrected chi connectivity index (χ3v) is 3.09. The second kappa shape index (κ2) is 6.25. The van der Waals surface area contributed by atoms with Crippen LogP contribution in [0.2, 0.25) is 0 Å². The maximum Gasteiger partial charge on any atom is 0.338 e. The molecule has 1 heterocycles. The molecule has 0 aliphatic carbocycles. The number of rotatable bonds is 6. The molecule has 0 bridgehead atoms. The fourth-order valence-corrected chi connectivity index (χ4v) is 1.97.